The maximum Gasteiger partial charge on any atom is 0.222 e. The second kappa shape index (κ2) is 12.5. The Morgan fingerprint density at radius 3 is 2.53 bits per heavy atom. The molecule has 5 aliphatic rings. The van der Waals surface area contributed by atoms with Crippen LogP contribution in [0.4, 0.5) is 0 Å². The zero-order valence-corrected chi connectivity index (χ0v) is 21.2. The molecule has 194 valence electrons. The molecule has 0 aromatic carbocycles. The van der Waals surface area contributed by atoms with E-state index in [0.717, 1.165) is 78.0 Å². The molecule has 0 bridgehead atoms. The highest BCUT2D eigenvalue weighted by Crippen LogP contribution is 2.30. The first-order valence-corrected chi connectivity index (χ1v) is 14.3. The average molecular weight is 477 g/mol. The first-order chi connectivity index (χ1) is 16.7. The Labute approximate surface area is 206 Å². The fourth-order valence-corrected chi connectivity index (χ4v) is 6.96. The third-order valence-corrected chi connectivity index (χ3v) is 9.04. The number of piperidine rings is 3. The lowest BCUT2D eigenvalue weighted by atomic mass is 9.79. The second-order valence-electron chi connectivity index (χ2n) is 11.5. The molecule has 3 N–H and O–H groups in total. The van der Waals surface area contributed by atoms with Crippen molar-refractivity contribution >= 4 is 5.91 Å². The Morgan fingerprint density at radius 2 is 1.74 bits per heavy atom. The maximum absolute atomic E-state index is 13.2. The summed E-state index contributed by atoms with van der Waals surface area (Å²) in [7, 11) is 0. The molecule has 8 nitrogen and oxygen atoms in total. The van der Waals surface area contributed by atoms with E-state index in [2.05, 4.69) is 30.8 Å². The van der Waals surface area contributed by atoms with E-state index < -0.39 is 0 Å². The molecule has 0 aromatic rings. The quantitative estimate of drug-likeness (QED) is 0.513. The number of piperazine rings is 1. The molecule has 8 heteroatoms. The molecular weight excluding hydrogens is 428 g/mol. The molecule has 5 atom stereocenters. The van der Waals surface area contributed by atoms with Crippen LogP contribution in [0.3, 0.4) is 0 Å². The number of amides is 1. The number of nitrogens with one attached hydrogen (secondary N) is 3. The first kappa shape index (κ1) is 24.9. The van der Waals surface area contributed by atoms with Crippen LogP contribution in [0, 0.1) is 11.8 Å². The van der Waals surface area contributed by atoms with Gasteiger partial charge in [0.1, 0.15) is 0 Å². The number of rotatable bonds is 7. The zero-order valence-electron chi connectivity index (χ0n) is 21.2. The Balaban J connectivity index is 1.05. The summed E-state index contributed by atoms with van der Waals surface area (Å²) in [6.45, 7) is 10.6. The third kappa shape index (κ3) is 6.71. The molecule has 5 unspecified atom stereocenters. The monoisotopic (exact) mass is 476 g/mol. The summed E-state index contributed by atoms with van der Waals surface area (Å²) in [5.41, 5.74) is 3.36. The Morgan fingerprint density at radius 1 is 0.882 bits per heavy atom. The van der Waals surface area contributed by atoms with Gasteiger partial charge in [0.15, 0.2) is 0 Å². The van der Waals surface area contributed by atoms with Gasteiger partial charge in [0.2, 0.25) is 5.91 Å². The van der Waals surface area contributed by atoms with E-state index in [1.165, 1.54) is 51.6 Å². The fraction of sp³-hybridized carbons (Fsp3) is 0.962. The number of hydroxylamine groups is 1. The largest absolute Gasteiger partial charge is 0.340 e. The first-order valence-electron chi connectivity index (χ1n) is 14.3. The predicted octanol–water partition coefficient (Wildman–Crippen LogP) is 1.38. The van der Waals surface area contributed by atoms with Gasteiger partial charge in [-0.05, 0) is 95.9 Å². The van der Waals surface area contributed by atoms with Crippen LogP contribution >= 0.6 is 0 Å². The van der Waals surface area contributed by atoms with Gasteiger partial charge in [0.25, 0.3) is 0 Å². The molecule has 0 spiro atoms. The summed E-state index contributed by atoms with van der Waals surface area (Å²) < 4.78 is 0. The van der Waals surface area contributed by atoms with E-state index in [4.69, 9.17) is 4.84 Å². The van der Waals surface area contributed by atoms with Gasteiger partial charge in [0, 0.05) is 45.2 Å². The lowest BCUT2D eigenvalue weighted by Gasteiger charge is -2.42. The van der Waals surface area contributed by atoms with Gasteiger partial charge in [-0.1, -0.05) is 6.42 Å². The number of carbonyl (C=O) groups excluding carboxylic acids is 1. The molecule has 5 fully saturated rings. The van der Waals surface area contributed by atoms with Crippen molar-refractivity contribution in [1.82, 2.24) is 30.8 Å². The molecule has 0 aromatic heterocycles. The van der Waals surface area contributed by atoms with Crippen molar-refractivity contribution in [2.75, 3.05) is 65.4 Å². The Kier molecular flexibility index (Phi) is 9.13. The molecule has 5 saturated heterocycles. The third-order valence-electron chi connectivity index (χ3n) is 9.04. The van der Waals surface area contributed by atoms with Crippen molar-refractivity contribution in [1.29, 1.82) is 0 Å². The molecular formula is C26H48N6O2. The Hall–Kier alpha value is -0.770. The lowest BCUT2D eigenvalue weighted by molar-refractivity contribution is -0.135. The molecule has 5 aliphatic heterocycles. The minimum atomic E-state index is 0.315. The van der Waals surface area contributed by atoms with Crippen molar-refractivity contribution < 1.29 is 9.63 Å². The van der Waals surface area contributed by atoms with E-state index >= 15 is 0 Å². The summed E-state index contributed by atoms with van der Waals surface area (Å²) in [6, 6.07) is 0.420. The van der Waals surface area contributed by atoms with Crippen LogP contribution in [0.5, 0.6) is 0 Å². The van der Waals surface area contributed by atoms with E-state index in [1.54, 1.807) is 0 Å². The van der Waals surface area contributed by atoms with Crippen molar-refractivity contribution in [3.63, 3.8) is 0 Å². The zero-order chi connectivity index (χ0) is 23.2. The molecule has 0 saturated carbocycles. The SMILES string of the molecule is O=C(CC1CCNCC1CC1CC(CN2CCCCC2)ON1)N1CCN(C2CCCCN2)CC1. The minimum Gasteiger partial charge on any atom is -0.340 e. The van der Waals surface area contributed by atoms with Gasteiger partial charge in [-0.15, -0.1) is 0 Å². The van der Waals surface area contributed by atoms with Crippen LogP contribution in [0.1, 0.15) is 64.2 Å². The fourth-order valence-electron chi connectivity index (χ4n) is 6.96. The van der Waals surface area contributed by atoms with Crippen LogP contribution < -0.4 is 16.1 Å². The molecule has 5 rings (SSSR count). The van der Waals surface area contributed by atoms with Crippen LogP contribution in [0.25, 0.3) is 0 Å². The number of nitrogens with zero attached hydrogens (tertiary/aromatic N) is 3. The molecule has 0 aliphatic carbocycles. The molecule has 5 heterocycles. The minimum absolute atomic E-state index is 0.315. The van der Waals surface area contributed by atoms with E-state index in [-0.39, 0.29) is 0 Å². The summed E-state index contributed by atoms with van der Waals surface area (Å²) in [4.78, 5) is 26.5. The lowest BCUT2D eigenvalue weighted by Crippen LogP contribution is -2.57. The number of carbonyl (C=O) groups is 1. The van der Waals surface area contributed by atoms with Crippen LogP contribution in [-0.2, 0) is 9.63 Å². The standard InChI is InChI=1S/C26H48N6O2/c33-26(32-14-12-31(13-15-32)25-6-2-3-8-28-25)17-21-7-9-27-19-22(21)16-23-18-24(34-29-23)20-30-10-4-1-5-11-30/h21-25,27-29H,1-20H2. The normalized spacial score (nSPS) is 36.6. The van der Waals surface area contributed by atoms with Crippen LogP contribution in [0.2, 0.25) is 0 Å². The average Bonchev–Trinajstić information content (AvgIpc) is 3.33. The number of hydrogen-bond donors (Lipinski definition) is 3. The van der Waals surface area contributed by atoms with Gasteiger partial charge in [0.05, 0.1) is 12.3 Å². The van der Waals surface area contributed by atoms with Gasteiger partial charge in [-0.2, -0.15) is 5.48 Å². The van der Waals surface area contributed by atoms with E-state index in [1.807, 2.05) is 0 Å². The smallest absolute Gasteiger partial charge is 0.222 e. The van der Waals surface area contributed by atoms with Crippen LogP contribution in [-0.4, -0.2) is 104 Å². The van der Waals surface area contributed by atoms with Gasteiger partial charge in [-0.3, -0.25) is 14.5 Å². The molecule has 1 amide bonds. The van der Waals surface area contributed by atoms with Crippen molar-refractivity contribution in [2.45, 2.75) is 82.5 Å². The van der Waals surface area contributed by atoms with Gasteiger partial charge in [-0.25, -0.2) is 0 Å². The maximum atomic E-state index is 13.2. The summed E-state index contributed by atoms with van der Waals surface area (Å²) >= 11 is 0. The van der Waals surface area contributed by atoms with E-state index in [0.29, 0.717) is 36.1 Å². The highest BCUT2D eigenvalue weighted by Gasteiger charge is 2.35. The second-order valence-corrected chi connectivity index (χ2v) is 11.5. The van der Waals surface area contributed by atoms with Crippen LogP contribution in [0.15, 0.2) is 0 Å². The van der Waals surface area contributed by atoms with Crippen molar-refractivity contribution in [3.8, 4) is 0 Å². The predicted molar refractivity (Wildman–Crippen MR) is 134 cm³/mol. The number of hydrogen-bond acceptors (Lipinski definition) is 7. The highest BCUT2D eigenvalue weighted by molar-refractivity contribution is 5.76. The van der Waals surface area contributed by atoms with Gasteiger partial charge < -0.3 is 20.4 Å². The number of likely N-dealkylation sites (tertiary alicyclic amines) is 1. The van der Waals surface area contributed by atoms with E-state index in [9.17, 15) is 4.79 Å². The van der Waals surface area contributed by atoms with Crippen molar-refractivity contribution in [3.05, 3.63) is 0 Å². The topological polar surface area (TPSA) is 72.1 Å². The Bertz CT molecular complexity index is 631. The summed E-state index contributed by atoms with van der Waals surface area (Å²) in [5, 5.41) is 7.26. The van der Waals surface area contributed by atoms with Gasteiger partial charge >= 0.3 is 0 Å². The summed E-state index contributed by atoms with van der Waals surface area (Å²) in [5.74, 6) is 1.43. The summed E-state index contributed by atoms with van der Waals surface area (Å²) in [6.07, 6.45) is 12.8. The highest BCUT2D eigenvalue weighted by atomic mass is 16.7. The molecule has 0 radical (unpaired) electrons. The molecule has 34 heavy (non-hydrogen) atoms. The van der Waals surface area contributed by atoms with Crippen molar-refractivity contribution in [2.24, 2.45) is 11.8 Å².